The van der Waals surface area contributed by atoms with Crippen LogP contribution in [0.5, 0.6) is 5.75 Å². The van der Waals surface area contributed by atoms with Gasteiger partial charge in [0.2, 0.25) is 0 Å². The second-order valence-electron chi connectivity index (χ2n) is 4.11. The Morgan fingerprint density at radius 3 is 2.81 bits per heavy atom. The van der Waals surface area contributed by atoms with Crippen molar-refractivity contribution in [2.24, 2.45) is 0 Å². The summed E-state index contributed by atoms with van der Waals surface area (Å²) in [7, 11) is 0. The average Bonchev–Trinajstić information content (AvgIpc) is 2.47. The minimum atomic E-state index is -0.453. The summed E-state index contributed by atoms with van der Waals surface area (Å²) in [5.41, 5.74) is 0.726. The maximum atomic E-state index is 12.9. The first-order valence-electron chi connectivity index (χ1n) is 6.11. The van der Waals surface area contributed by atoms with Gasteiger partial charge in [-0.15, -0.1) is 11.8 Å². The molecule has 3 nitrogen and oxygen atoms in total. The summed E-state index contributed by atoms with van der Waals surface area (Å²) in [4.78, 5) is 12.8. The van der Waals surface area contributed by atoms with Crippen LogP contribution in [0.15, 0.2) is 47.4 Å². The quantitative estimate of drug-likeness (QED) is 0.836. The molecule has 2 rings (SSSR count). The number of rotatable bonds is 5. The number of ether oxygens (including phenoxy) is 1. The van der Waals surface area contributed by atoms with E-state index < -0.39 is 5.82 Å². The molecule has 0 aromatic heterocycles. The molecule has 21 heavy (non-hydrogen) atoms. The highest BCUT2D eigenvalue weighted by Crippen LogP contribution is 2.26. The summed E-state index contributed by atoms with van der Waals surface area (Å²) in [6.45, 7) is -0.200. The second kappa shape index (κ2) is 7.33. The standard InChI is InChI=1S/C15H13ClFNO2S/c1-21-14-5-3-2-4-12(14)18-15(19)9-20-13-7-6-10(17)8-11(13)16/h2-8H,9H2,1H3,(H,18,19). The summed E-state index contributed by atoms with van der Waals surface area (Å²) in [6.07, 6.45) is 1.93. The lowest BCUT2D eigenvalue weighted by Crippen LogP contribution is -2.20. The molecule has 0 saturated heterocycles. The van der Waals surface area contributed by atoms with Crippen molar-refractivity contribution in [3.63, 3.8) is 0 Å². The van der Waals surface area contributed by atoms with Crippen molar-refractivity contribution in [3.05, 3.63) is 53.3 Å². The van der Waals surface area contributed by atoms with Gasteiger partial charge in [-0.25, -0.2) is 4.39 Å². The van der Waals surface area contributed by atoms with Gasteiger partial charge in [0.05, 0.1) is 10.7 Å². The highest BCUT2D eigenvalue weighted by molar-refractivity contribution is 7.98. The van der Waals surface area contributed by atoms with E-state index in [1.165, 1.54) is 23.9 Å². The Balaban J connectivity index is 1.96. The van der Waals surface area contributed by atoms with Crippen molar-refractivity contribution in [1.29, 1.82) is 0 Å². The van der Waals surface area contributed by atoms with Gasteiger partial charge in [-0.05, 0) is 36.6 Å². The lowest BCUT2D eigenvalue weighted by atomic mass is 10.3. The highest BCUT2D eigenvalue weighted by Gasteiger charge is 2.09. The number of hydrogen-bond donors (Lipinski definition) is 1. The van der Waals surface area contributed by atoms with Crippen LogP contribution in [-0.4, -0.2) is 18.8 Å². The average molecular weight is 326 g/mol. The highest BCUT2D eigenvalue weighted by atomic mass is 35.5. The van der Waals surface area contributed by atoms with Crippen LogP contribution in [0.1, 0.15) is 0 Å². The third kappa shape index (κ3) is 4.37. The molecule has 0 heterocycles. The predicted octanol–water partition coefficient (Wildman–Crippen LogP) is 4.22. The van der Waals surface area contributed by atoms with E-state index in [1.54, 1.807) is 0 Å². The molecule has 0 unspecified atom stereocenters. The second-order valence-corrected chi connectivity index (χ2v) is 5.37. The zero-order valence-electron chi connectivity index (χ0n) is 11.2. The fourth-order valence-electron chi connectivity index (χ4n) is 1.67. The van der Waals surface area contributed by atoms with E-state index in [0.717, 1.165) is 16.6 Å². The Kier molecular flexibility index (Phi) is 5.47. The maximum Gasteiger partial charge on any atom is 0.262 e. The Bertz CT molecular complexity index is 651. The Hall–Kier alpha value is -1.72. The third-order valence-electron chi connectivity index (χ3n) is 2.63. The number of benzene rings is 2. The number of hydrogen-bond acceptors (Lipinski definition) is 3. The minimum Gasteiger partial charge on any atom is -0.482 e. The number of nitrogens with one attached hydrogen (secondary N) is 1. The molecule has 0 fully saturated rings. The molecular formula is C15H13ClFNO2S. The zero-order chi connectivity index (χ0) is 15.2. The van der Waals surface area contributed by atoms with Crippen LogP contribution >= 0.6 is 23.4 Å². The van der Waals surface area contributed by atoms with Gasteiger partial charge in [0, 0.05) is 4.90 Å². The van der Waals surface area contributed by atoms with Crippen LogP contribution in [-0.2, 0) is 4.79 Å². The molecule has 0 spiro atoms. The van der Waals surface area contributed by atoms with E-state index in [-0.39, 0.29) is 23.3 Å². The molecule has 0 aliphatic carbocycles. The summed E-state index contributed by atoms with van der Waals surface area (Å²) in [5, 5.41) is 2.89. The number of carbonyl (C=O) groups excluding carboxylic acids is 1. The van der Waals surface area contributed by atoms with Gasteiger partial charge in [-0.2, -0.15) is 0 Å². The van der Waals surface area contributed by atoms with Gasteiger partial charge < -0.3 is 10.1 Å². The van der Waals surface area contributed by atoms with Crippen molar-refractivity contribution < 1.29 is 13.9 Å². The molecule has 1 amide bonds. The Labute approximate surface area is 131 Å². The molecule has 0 saturated carbocycles. The number of anilines is 1. The summed E-state index contributed by atoms with van der Waals surface area (Å²) in [6, 6.07) is 11.2. The van der Waals surface area contributed by atoms with Crippen molar-refractivity contribution in [1.82, 2.24) is 0 Å². The molecule has 2 aromatic carbocycles. The van der Waals surface area contributed by atoms with Crippen LogP contribution in [0.3, 0.4) is 0 Å². The lowest BCUT2D eigenvalue weighted by molar-refractivity contribution is -0.118. The van der Waals surface area contributed by atoms with E-state index in [1.807, 2.05) is 30.5 Å². The predicted molar refractivity (Wildman–Crippen MR) is 83.8 cm³/mol. The van der Waals surface area contributed by atoms with Gasteiger partial charge in [0.15, 0.2) is 6.61 Å². The number of carbonyl (C=O) groups is 1. The molecule has 0 radical (unpaired) electrons. The largest absolute Gasteiger partial charge is 0.482 e. The summed E-state index contributed by atoms with van der Waals surface area (Å²) in [5.74, 6) is -0.492. The van der Waals surface area contributed by atoms with Gasteiger partial charge >= 0.3 is 0 Å². The normalized spacial score (nSPS) is 10.2. The van der Waals surface area contributed by atoms with E-state index in [9.17, 15) is 9.18 Å². The number of para-hydroxylation sites is 1. The van der Waals surface area contributed by atoms with E-state index in [4.69, 9.17) is 16.3 Å². The molecule has 1 N–H and O–H groups in total. The monoisotopic (exact) mass is 325 g/mol. The SMILES string of the molecule is CSc1ccccc1NC(=O)COc1ccc(F)cc1Cl. The fraction of sp³-hybridized carbons (Fsp3) is 0.133. The maximum absolute atomic E-state index is 12.9. The van der Waals surface area contributed by atoms with Crippen LogP contribution < -0.4 is 10.1 Å². The van der Waals surface area contributed by atoms with Gasteiger partial charge in [0.25, 0.3) is 5.91 Å². The minimum absolute atomic E-state index is 0.132. The van der Waals surface area contributed by atoms with Gasteiger partial charge in [-0.1, -0.05) is 23.7 Å². The fourth-order valence-corrected chi connectivity index (χ4v) is 2.45. The molecule has 6 heteroatoms. The molecule has 0 aliphatic rings. The number of halogens is 2. The third-order valence-corrected chi connectivity index (χ3v) is 3.72. The van der Waals surface area contributed by atoms with Crippen LogP contribution in [0, 0.1) is 5.82 Å². The zero-order valence-corrected chi connectivity index (χ0v) is 12.8. The Morgan fingerprint density at radius 1 is 1.33 bits per heavy atom. The van der Waals surface area contributed by atoms with Crippen LogP contribution in [0.4, 0.5) is 10.1 Å². The summed E-state index contributed by atoms with van der Waals surface area (Å²) < 4.78 is 18.2. The molecular weight excluding hydrogens is 313 g/mol. The van der Waals surface area contributed by atoms with Gasteiger partial charge in [0.1, 0.15) is 11.6 Å². The molecule has 110 valence electrons. The number of amides is 1. The number of thioether (sulfide) groups is 1. The van der Waals surface area contributed by atoms with E-state index >= 15 is 0 Å². The Morgan fingerprint density at radius 2 is 2.10 bits per heavy atom. The van der Waals surface area contributed by atoms with Crippen molar-refractivity contribution >= 4 is 35.0 Å². The van der Waals surface area contributed by atoms with Crippen LogP contribution in [0.2, 0.25) is 5.02 Å². The van der Waals surface area contributed by atoms with Crippen molar-refractivity contribution in [3.8, 4) is 5.75 Å². The first-order chi connectivity index (χ1) is 10.1. The van der Waals surface area contributed by atoms with E-state index in [2.05, 4.69) is 5.32 Å². The lowest BCUT2D eigenvalue weighted by Gasteiger charge is -2.11. The van der Waals surface area contributed by atoms with Crippen molar-refractivity contribution in [2.75, 3.05) is 18.2 Å². The molecule has 0 aliphatic heterocycles. The van der Waals surface area contributed by atoms with E-state index in [0.29, 0.717) is 0 Å². The molecule has 2 aromatic rings. The molecule has 0 atom stereocenters. The van der Waals surface area contributed by atoms with Gasteiger partial charge in [-0.3, -0.25) is 4.79 Å². The van der Waals surface area contributed by atoms with Crippen molar-refractivity contribution in [2.45, 2.75) is 4.90 Å². The first kappa shape index (κ1) is 15.7. The first-order valence-corrected chi connectivity index (χ1v) is 7.71. The van der Waals surface area contributed by atoms with Crippen LogP contribution in [0.25, 0.3) is 0 Å². The topological polar surface area (TPSA) is 38.3 Å². The molecule has 0 bridgehead atoms. The smallest absolute Gasteiger partial charge is 0.262 e. The summed E-state index contributed by atoms with van der Waals surface area (Å²) >= 11 is 7.36.